The summed E-state index contributed by atoms with van der Waals surface area (Å²) in [4.78, 5) is 0. The molecule has 0 radical (unpaired) electrons. The van der Waals surface area contributed by atoms with E-state index in [9.17, 15) is 0 Å². The summed E-state index contributed by atoms with van der Waals surface area (Å²) in [6.07, 6.45) is 5.05. The van der Waals surface area contributed by atoms with Gasteiger partial charge >= 0.3 is 0 Å². The van der Waals surface area contributed by atoms with Crippen molar-refractivity contribution < 1.29 is 4.74 Å². The molecule has 0 aromatic heterocycles. The Morgan fingerprint density at radius 1 is 1.52 bits per heavy atom. The highest BCUT2D eigenvalue weighted by Gasteiger charge is 2.16. The highest BCUT2D eigenvalue weighted by Crippen LogP contribution is 2.20. The predicted octanol–water partition coefficient (Wildman–Crippen LogP) is 3.31. The minimum Gasteiger partial charge on any atom is -0.493 e. The summed E-state index contributed by atoms with van der Waals surface area (Å²) < 4.78 is 5.66. The van der Waals surface area contributed by atoms with E-state index >= 15 is 0 Å². The van der Waals surface area contributed by atoms with Gasteiger partial charge in [0.05, 0.1) is 12.7 Å². The first-order valence-corrected chi connectivity index (χ1v) is 7.87. The van der Waals surface area contributed by atoms with E-state index in [1.54, 1.807) is 0 Å². The van der Waals surface area contributed by atoms with Crippen molar-refractivity contribution in [2.45, 2.75) is 51.1 Å². The van der Waals surface area contributed by atoms with Crippen LogP contribution in [-0.4, -0.2) is 25.2 Å². The van der Waals surface area contributed by atoms with Crippen LogP contribution in [0, 0.1) is 11.3 Å². The van der Waals surface area contributed by atoms with E-state index in [4.69, 9.17) is 10.00 Å². The van der Waals surface area contributed by atoms with Crippen LogP contribution in [0.2, 0.25) is 0 Å². The Balaban J connectivity index is 1.78. The number of unbranched alkanes of at least 4 members (excludes halogenated alkanes) is 1. The molecule has 4 nitrogen and oxygen atoms in total. The molecule has 0 aliphatic carbocycles. The quantitative estimate of drug-likeness (QED) is 0.720. The van der Waals surface area contributed by atoms with E-state index in [0.29, 0.717) is 25.1 Å². The minimum atomic E-state index is 0.439. The van der Waals surface area contributed by atoms with Crippen LogP contribution in [-0.2, 0) is 0 Å². The number of ether oxygens (including phenoxy) is 1. The Bertz CT molecular complexity index is 463. The van der Waals surface area contributed by atoms with Crippen LogP contribution < -0.4 is 15.4 Å². The van der Waals surface area contributed by atoms with Crippen molar-refractivity contribution in [3.05, 3.63) is 24.3 Å². The fourth-order valence-corrected chi connectivity index (χ4v) is 2.75. The number of nitrogens with one attached hydrogen (secondary N) is 2. The molecule has 2 rings (SSSR count). The van der Waals surface area contributed by atoms with Crippen LogP contribution in [0.1, 0.15) is 39.0 Å². The summed E-state index contributed by atoms with van der Waals surface area (Å²) in [5.74, 6) is 0.865. The Labute approximate surface area is 127 Å². The molecule has 2 atom stereocenters. The zero-order valence-corrected chi connectivity index (χ0v) is 12.8. The zero-order chi connectivity index (χ0) is 14.9. The number of nitrogens with zero attached hydrogens (tertiary/aromatic N) is 1. The standard InChI is InChI=1S/C17H25N3O/c1-14(12-15-7-5-10-19-15)20-16-6-4-8-17(13-16)21-11-3-2-9-18/h4,6,8,13-15,19-20H,2-3,5,7,10-12H2,1H3. The molecule has 1 aromatic carbocycles. The topological polar surface area (TPSA) is 57.1 Å². The van der Waals surface area contributed by atoms with Gasteiger partial charge in [-0.1, -0.05) is 6.07 Å². The first-order chi connectivity index (χ1) is 10.3. The third-order valence-corrected chi connectivity index (χ3v) is 3.75. The number of rotatable bonds is 8. The van der Waals surface area contributed by atoms with Crippen molar-refractivity contribution in [2.24, 2.45) is 0 Å². The maximum Gasteiger partial charge on any atom is 0.121 e. The lowest BCUT2D eigenvalue weighted by Gasteiger charge is -2.19. The molecule has 0 spiro atoms. The number of benzene rings is 1. The molecule has 1 aliphatic heterocycles. The molecule has 0 bridgehead atoms. The van der Waals surface area contributed by atoms with Crippen molar-refractivity contribution >= 4 is 5.69 Å². The molecule has 0 saturated carbocycles. The van der Waals surface area contributed by atoms with Crippen LogP contribution >= 0.6 is 0 Å². The fourth-order valence-electron chi connectivity index (χ4n) is 2.75. The summed E-state index contributed by atoms with van der Waals surface area (Å²) in [5.41, 5.74) is 1.10. The molecule has 2 N–H and O–H groups in total. The first kappa shape index (κ1) is 15.7. The molecule has 1 aliphatic rings. The Kier molecular flexibility index (Phi) is 6.36. The predicted molar refractivity (Wildman–Crippen MR) is 85.5 cm³/mol. The second kappa shape index (κ2) is 8.53. The van der Waals surface area contributed by atoms with Crippen LogP contribution in [0.15, 0.2) is 24.3 Å². The molecule has 0 amide bonds. The summed E-state index contributed by atoms with van der Waals surface area (Å²) in [6, 6.07) is 11.3. The largest absolute Gasteiger partial charge is 0.493 e. The molecule has 114 valence electrons. The number of hydrogen-bond acceptors (Lipinski definition) is 4. The van der Waals surface area contributed by atoms with Gasteiger partial charge in [0.1, 0.15) is 5.75 Å². The van der Waals surface area contributed by atoms with E-state index in [0.717, 1.165) is 30.8 Å². The molecular weight excluding hydrogens is 262 g/mol. The Morgan fingerprint density at radius 3 is 3.19 bits per heavy atom. The monoisotopic (exact) mass is 287 g/mol. The van der Waals surface area contributed by atoms with Gasteiger partial charge in [0, 0.05) is 30.3 Å². The number of nitriles is 1. The number of hydrogen-bond donors (Lipinski definition) is 2. The van der Waals surface area contributed by atoms with Crippen LogP contribution in [0.25, 0.3) is 0 Å². The summed E-state index contributed by atoms with van der Waals surface area (Å²) in [7, 11) is 0. The zero-order valence-electron chi connectivity index (χ0n) is 12.8. The smallest absolute Gasteiger partial charge is 0.121 e. The lowest BCUT2D eigenvalue weighted by Crippen LogP contribution is -2.29. The number of anilines is 1. The van der Waals surface area contributed by atoms with E-state index in [1.807, 2.05) is 18.2 Å². The van der Waals surface area contributed by atoms with Crippen LogP contribution in [0.4, 0.5) is 5.69 Å². The third kappa shape index (κ3) is 5.65. The summed E-state index contributed by atoms with van der Waals surface area (Å²) in [6.45, 7) is 3.97. The lowest BCUT2D eigenvalue weighted by molar-refractivity contribution is 0.313. The molecule has 1 fully saturated rings. The summed E-state index contributed by atoms with van der Waals surface area (Å²) >= 11 is 0. The first-order valence-electron chi connectivity index (χ1n) is 7.87. The van der Waals surface area contributed by atoms with Gasteiger partial charge in [0.15, 0.2) is 0 Å². The minimum absolute atomic E-state index is 0.439. The van der Waals surface area contributed by atoms with Crippen LogP contribution in [0.5, 0.6) is 5.75 Å². The maximum absolute atomic E-state index is 8.50. The highest BCUT2D eigenvalue weighted by molar-refractivity contribution is 5.48. The van der Waals surface area contributed by atoms with E-state index in [1.165, 1.54) is 12.8 Å². The van der Waals surface area contributed by atoms with Crippen LogP contribution in [0.3, 0.4) is 0 Å². The molecular formula is C17H25N3O. The van der Waals surface area contributed by atoms with Crippen molar-refractivity contribution in [3.63, 3.8) is 0 Å². The van der Waals surface area contributed by atoms with E-state index < -0.39 is 0 Å². The van der Waals surface area contributed by atoms with Gasteiger partial charge in [-0.3, -0.25) is 0 Å². The Morgan fingerprint density at radius 2 is 2.43 bits per heavy atom. The SMILES string of the molecule is CC(CC1CCCN1)Nc1cccc(OCCCC#N)c1. The lowest BCUT2D eigenvalue weighted by atomic mass is 10.1. The molecule has 1 heterocycles. The van der Waals surface area contributed by atoms with Crippen molar-refractivity contribution in [2.75, 3.05) is 18.5 Å². The summed E-state index contributed by atoms with van der Waals surface area (Å²) in [5, 5.41) is 15.6. The maximum atomic E-state index is 8.50. The average molecular weight is 287 g/mol. The van der Waals surface area contributed by atoms with Gasteiger partial charge in [-0.05, 0) is 51.3 Å². The van der Waals surface area contributed by atoms with Gasteiger partial charge in [0.2, 0.25) is 0 Å². The van der Waals surface area contributed by atoms with Gasteiger partial charge < -0.3 is 15.4 Å². The molecule has 4 heteroatoms. The average Bonchev–Trinajstić information content (AvgIpc) is 2.97. The van der Waals surface area contributed by atoms with Crippen molar-refractivity contribution in [3.8, 4) is 11.8 Å². The highest BCUT2D eigenvalue weighted by atomic mass is 16.5. The van der Waals surface area contributed by atoms with Gasteiger partial charge in [-0.25, -0.2) is 0 Å². The second-order valence-electron chi connectivity index (χ2n) is 5.71. The third-order valence-electron chi connectivity index (χ3n) is 3.75. The van der Waals surface area contributed by atoms with Gasteiger partial charge in [-0.2, -0.15) is 5.26 Å². The van der Waals surface area contributed by atoms with Crippen molar-refractivity contribution in [1.29, 1.82) is 5.26 Å². The normalized spacial score (nSPS) is 19.0. The molecule has 2 unspecified atom stereocenters. The van der Waals surface area contributed by atoms with Gasteiger partial charge in [-0.15, -0.1) is 0 Å². The van der Waals surface area contributed by atoms with Gasteiger partial charge in [0.25, 0.3) is 0 Å². The van der Waals surface area contributed by atoms with Crippen molar-refractivity contribution in [1.82, 2.24) is 5.32 Å². The molecule has 1 saturated heterocycles. The second-order valence-corrected chi connectivity index (χ2v) is 5.71. The molecule has 21 heavy (non-hydrogen) atoms. The molecule has 1 aromatic rings. The van der Waals surface area contributed by atoms with E-state index in [2.05, 4.69) is 29.7 Å². The Hall–Kier alpha value is -1.73. The van der Waals surface area contributed by atoms with E-state index in [-0.39, 0.29) is 0 Å². The fraction of sp³-hybridized carbons (Fsp3) is 0.588.